The lowest BCUT2D eigenvalue weighted by molar-refractivity contribution is 0.570. The summed E-state index contributed by atoms with van der Waals surface area (Å²) < 4.78 is 0. The van der Waals surface area contributed by atoms with Crippen molar-refractivity contribution in [2.75, 3.05) is 0 Å². The first-order valence-electron chi connectivity index (χ1n) is 5.37. The fraction of sp³-hybridized carbons (Fsp3) is 0.500. The van der Waals surface area contributed by atoms with Gasteiger partial charge in [-0.15, -0.1) is 0 Å². The van der Waals surface area contributed by atoms with Gasteiger partial charge in [0.15, 0.2) is 0 Å². The predicted octanol–water partition coefficient (Wildman–Crippen LogP) is 3.28. The van der Waals surface area contributed by atoms with Gasteiger partial charge in [0.05, 0.1) is 11.7 Å². The standard InChI is InChI=1S/C10H13N3.C2H6/c1-10(2,3)9-4-8-7(5-11-9)6-12-13-8;1-2/h4-6H,1-3H3,(H,12,13);1-2H3. The van der Waals surface area contributed by atoms with Gasteiger partial charge in [-0.25, -0.2) is 0 Å². The average Bonchev–Trinajstić information content (AvgIpc) is 2.66. The topological polar surface area (TPSA) is 41.6 Å². The molecule has 1 N–H and O–H groups in total. The number of rotatable bonds is 0. The summed E-state index contributed by atoms with van der Waals surface area (Å²) in [6.07, 6.45) is 3.65. The smallest absolute Gasteiger partial charge is 0.0684 e. The minimum atomic E-state index is 0.0965. The average molecular weight is 205 g/mol. The molecule has 2 heterocycles. The van der Waals surface area contributed by atoms with Gasteiger partial charge in [0, 0.05) is 22.7 Å². The van der Waals surface area contributed by atoms with E-state index in [1.165, 1.54) is 0 Å². The van der Waals surface area contributed by atoms with Gasteiger partial charge in [-0.1, -0.05) is 34.6 Å². The lowest BCUT2D eigenvalue weighted by Gasteiger charge is -2.16. The number of nitrogens with zero attached hydrogens (tertiary/aromatic N) is 2. The third-order valence-electron chi connectivity index (χ3n) is 2.09. The van der Waals surface area contributed by atoms with Crippen molar-refractivity contribution in [1.29, 1.82) is 0 Å². The van der Waals surface area contributed by atoms with E-state index in [2.05, 4.69) is 42.0 Å². The van der Waals surface area contributed by atoms with Crippen molar-refractivity contribution in [3.8, 4) is 0 Å². The van der Waals surface area contributed by atoms with Gasteiger partial charge in [-0.05, 0) is 6.07 Å². The summed E-state index contributed by atoms with van der Waals surface area (Å²) in [7, 11) is 0. The number of hydrogen-bond donors (Lipinski definition) is 1. The summed E-state index contributed by atoms with van der Waals surface area (Å²) in [5, 5.41) is 7.96. The number of aromatic amines is 1. The van der Waals surface area contributed by atoms with Crippen LogP contribution in [0.1, 0.15) is 40.3 Å². The molecule has 0 fully saturated rings. The Morgan fingerprint density at radius 3 is 2.40 bits per heavy atom. The summed E-state index contributed by atoms with van der Waals surface area (Å²) in [6, 6.07) is 2.06. The number of aromatic nitrogens is 3. The lowest BCUT2D eigenvalue weighted by Crippen LogP contribution is -2.12. The van der Waals surface area contributed by atoms with Crippen LogP contribution in [0.15, 0.2) is 18.5 Å². The molecule has 0 amide bonds. The van der Waals surface area contributed by atoms with Crippen molar-refractivity contribution < 1.29 is 0 Å². The molecule has 0 aliphatic heterocycles. The lowest BCUT2D eigenvalue weighted by atomic mass is 9.91. The summed E-state index contributed by atoms with van der Waals surface area (Å²) in [6.45, 7) is 10.5. The largest absolute Gasteiger partial charge is 0.278 e. The highest BCUT2D eigenvalue weighted by Crippen LogP contribution is 2.22. The van der Waals surface area contributed by atoms with E-state index >= 15 is 0 Å². The molecule has 15 heavy (non-hydrogen) atoms. The van der Waals surface area contributed by atoms with E-state index in [1.54, 1.807) is 6.20 Å². The molecule has 0 bridgehead atoms. The molecule has 0 aromatic carbocycles. The molecular weight excluding hydrogens is 186 g/mol. The van der Waals surface area contributed by atoms with E-state index in [4.69, 9.17) is 0 Å². The van der Waals surface area contributed by atoms with Gasteiger partial charge in [-0.2, -0.15) is 5.10 Å². The van der Waals surface area contributed by atoms with Gasteiger partial charge in [-0.3, -0.25) is 10.1 Å². The molecular formula is C12H19N3. The molecule has 0 radical (unpaired) electrons. The van der Waals surface area contributed by atoms with Crippen LogP contribution in [0.25, 0.3) is 10.9 Å². The maximum atomic E-state index is 4.39. The van der Waals surface area contributed by atoms with Gasteiger partial charge >= 0.3 is 0 Å². The second-order valence-corrected chi connectivity index (χ2v) is 4.28. The van der Waals surface area contributed by atoms with Gasteiger partial charge in [0.25, 0.3) is 0 Å². The Balaban J connectivity index is 0.000000531. The zero-order valence-electron chi connectivity index (χ0n) is 10.1. The first-order valence-corrected chi connectivity index (χ1v) is 5.37. The summed E-state index contributed by atoms with van der Waals surface area (Å²) >= 11 is 0. The SMILES string of the molecule is CC.CC(C)(C)c1cc2[nH]ncc2cn1. The van der Waals surface area contributed by atoms with Crippen molar-refractivity contribution >= 4 is 10.9 Å². The predicted molar refractivity (Wildman–Crippen MR) is 63.9 cm³/mol. The van der Waals surface area contributed by atoms with Crippen molar-refractivity contribution in [2.45, 2.75) is 40.0 Å². The molecule has 2 aromatic heterocycles. The highest BCUT2D eigenvalue weighted by atomic mass is 15.1. The van der Waals surface area contributed by atoms with E-state index in [0.717, 1.165) is 16.6 Å². The maximum Gasteiger partial charge on any atom is 0.0684 e. The number of hydrogen-bond acceptors (Lipinski definition) is 2. The molecule has 0 spiro atoms. The molecule has 0 unspecified atom stereocenters. The normalized spacial score (nSPS) is 11.0. The highest BCUT2D eigenvalue weighted by Gasteiger charge is 2.15. The fourth-order valence-electron chi connectivity index (χ4n) is 1.25. The Labute approximate surface area is 90.9 Å². The monoisotopic (exact) mass is 205 g/mol. The van der Waals surface area contributed by atoms with Crippen molar-refractivity contribution in [3.05, 3.63) is 24.2 Å². The Hall–Kier alpha value is -1.38. The molecule has 2 aromatic rings. The summed E-state index contributed by atoms with van der Waals surface area (Å²) in [4.78, 5) is 4.39. The zero-order valence-corrected chi connectivity index (χ0v) is 10.1. The molecule has 82 valence electrons. The Kier molecular flexibility index (Phi) is 3.45. The molecule has 0 atom stereocenters. The highest BCUT2D eigenvalue weighted by molar-refractivity contribution is 5.77. The molecule has 0 aliphatic carbocycles. The Morgan fingerprint density at radius 2 is 1.80 bits per heavy atom. The van der Waals surface area contributed by atoms with Crippen LogP contribution in [0.3, 0.4) is 0 Å². The maximum absolute atomic E-state index is 4.39. The van der Waals surface area contributed by atoms with Gasteiger partial charge < -0.3 is 0 Å². The Bertz CT molecular complexity index is 424. The second-order valence-electron chi connectivity index (χ2n) is 4.28. The van der Waals surface area contributed by atoms with Crippen molar-refractivity contribution in [1.82, 2.24) is 15.2 Å². The molecule has 3 nitrogen and oxygen atoms in total. The number of pyridine rings is 1. The molecule has 2 rings (SSSR count). The molecule has 0 saturated carbocycles. The van der Waals surface area contributed by atoms with Crippen LogP contribution >= 0.6 is 0 Å². The third-order valence-corrected chi connectivity index (χ3v) is 2.09. The van der Waals surface area contributed by atoms with E-state index in [-0.39, 0.29) is 5.41 Å². The van der Waals surface area contributed by atoms with Gasteiger partial charge in [0.1, 0.15) is 0 Å². The van der Waals surface area contributed by atoms with Crippen molar-refractivity contribution in [2.24, 2.45) is 0 Å². The van der Waals surface area contributed by atoms with Crippen LogP contribution in [0.2, 0.25) is 0 Å². The van der Waals surface area contributed by atoms with Crippen LogP contribution < -0.4 is 0 Å². The van der Waals surface area contributed by atoms with E-state index < -0.39 is 0 Å². The van der Waals surface area contributed by atoms with E-state index in [0.29, 0.717) is 0 Å². The zero-order chi connectivity index (χ0) is 11.5. The quantitative estimate of drug-likeness (QED) is 0.717. The van der Waals surface area contributed by atoms with Gasteiger partial charge in [0.2, 0.25) is 0 Å². The molecule has 3 heteroatoms. The second kappa shape index (κ2) is 4.43. The van der Waals surface area contributed by atoms with Crippen molar-refractivity contribution in [3.63, 3.8) is 0 Å². The van der Waals surface area contributed by atoms with Crippen LogP contribution in [0, 0.1) is 0 Å². The molecule has 0 aliphatic rings. The summed E-state index contributed by atoms with van der Waals surface area (Å²) in [5.74, 6) is 0. The number of H-pyrrole nitrogens is 1. The van der Waals surface area contributed by atoms with Crippen LogP contribution in [-0.4, -0.2) is 15.2 Å². The fourth-order valence-corrected chi connectivity index (χ4v) is 1.25. The third kappa shape index (κ3) is 2.55. The first kappa shape index (κ1) is 11.7. The van der Waals surface area contributed by atoms with Crippen LogP contribution in [0.5, 0.6) is 0 Å². The summed E-state index contributed by atoms with van der Waals surface area (Å²) in [5.41, 5.74) is 2.24. The minimum Gasteiger partial charge on any atom is -0.278 e. The van der Waals surface area contributed by atoms with E-state index in [1.807, 2.05) is 20.0 Å². The van der Waals surface area contributed by atoms with Crippen LogP contribution in [-0.2, 0) is 5.41 Å². The van der Waals surface area contributed by atoms with Crippen LogP contribution in [0.4, 0.5) is 0 Å². The van der Waals surface area contributed by atoms with E-state index in [9.17, 15) is 0 Å². The number of nitrogens with one attached hydrogen (secondary N) is 1. The minimum absolute atomic E-state index is 0.0965. The Morgan fingerprint density at radius 1 is 1.13 bits per heavy atom. The number of fused-ring (bicyclic) bond motifs is 1. The first-order chi connectivity index (χ1) is 7.07. The molecule has 0 saturated heterocycles.